The minimum absolute atomic E-state index is 0.0157. The number of nitrogens with two attached hydrogens (primary N) is 4. The van der Waals surface area contributed by atoms with Crippen LogP contribution >= 0.6 is 12.2 Å². The van der Waals surface area contributed by atoms with Gasteiger partial charge in [-0.1, -0.05) is 62.0 Å². The van der Waals surface area contributed by atoms with Gasteiger partial charge in [0.25, 0.3) is 0 Å². The van der Waals surface area contributed by atoms with Crippen LogP contribution in [0.3, 0.4) is 0 Å². The first-order chi connectivity index (χ1) is 22.8. The fraction of sp³-hybridized carbons (Fsp3) is 0.562. The number of carbonyl (C=O) groups excluding carboxylic acids is 4. The van der Waals surface area contributed by atoms with E-state index in [0.29, 0.717) is 45.2 Å². The molecule has 0 heterocycles. The number of likely N-dealkylation sites (N-methyl/N-ethyl adjacent to an activating group) is 1. The number of carbonyl (C=O) groups is 4. The number of aliphatic imine (C=N–C) groups is 1. The number of amides is 4. The van der Waals surface area contributed by atoms with Gasteiger partial charge in [0.1, 0.15) is 6.04 Å². The van der Waals surface area contributed by atoms with E-state index < -0.39 is 29.8 Å². The SMILES string of the molecule is CC.CN/C=C(/C)N(C)C=S.CNC(CCCN=C(N)N)C(=O)NCC(=O)NC(CCCCN)C(=O)NCC(N)=O.Cc1ccccc1. The zero-order valence-electron chi connectivity index (χ0n) is 29.8. The lowest BCUT2D eigenvalue weighted by Crippen LogP contribution is -2.52. The highest BCUT2D eigenvalue weighted by Crippen LogP contribution is 2.02. The Morgan fingerprint density at radius 2 is 1.48 bits per heavy atom. The summed E-state index contributed by atoms with van der Waals surface area (Å²) in [6.07, 6.45) is 4.56. The van der Waals surface area contributed by atoms with Gasteiger partial charge in [-0.15, -0.1) is 0 Å². The number of primary amides is 1. The largest absolute Gasteiger partial charge is 0.393 e. The summed E-state index contributed by atoms with van der Waals surface area (Å²) in [5.74, 6) is -2.14. The molecule has 0 bridgehead atoms. The number of rotatable bonds is 19. The number of nitrogens with one attached hydrogen (secondary N) is 5. The first kappa shape index (κ1) is 48.1. The van der Waals surface area contributed by atoms with Crippen LogP contribution in [0.2, 0.25) is 0 Å². The Morgan fingerprint density at radius 3 is 1.94 bits per heavy atom. The molecule has 1 aromatic carbocycles. The van der Waals surface area contributed by atoms with Crippen LogP contribution in [0.4, 0.5) is 0 Å². The van der Waals surface area contributed by atoms with Crippen LogP contribution in [-0.4, -0.2) is 99.4 Å². The van der Waals surface area contributed by atoms with Crippen molar-refractivity contribution < 1.29 is 19.2 Å². The minimum atomic E-state index is -0.861. The average molecular weight is 696 g/mol. The van der Waals surface area contributed by atoms with E-state index in [0.717, 1.165) is 5.70 Å². The molecule has 274 valence electrons. The zero-order valence-corrected chi connectivity index (χ0v) is 30.6. The van der Waals surface area contributed by atoms with Crippen LogP contribution in [0.1, 0.15) is 58.4 Å². The highest BCUT2D eigenvalue weighted by molar-refractivity contribution is 7.78. The summed E-state index contributed by atoms with van der Waals surface area (Å²) in [5, 5.41) is 13.2. The Hall–Kier alpha value is -4.28. The van der Waals surface area contributed by atoms with Gasteiger partial charge in [0.15, 0.2) is 5.96 Å². The molecule has 0 aliphatic rings. The van der Waals surface area contributed by atoms with Crippen LogP contribution in [-0.2, 0) is 19.2 Å². The maximum absolute atomic E-state index is 12.2. The summed E-state index contributed by atoms with van der Waals surface area (Å²) in [6, 6.07) is 8.88. The Morgan fingerprint density at radius 1 is 0.917 bits per heavy atom. The normalized spacial score (nSPS) is 11.1. The van der Waals surface area contributed by atoms with E-state index in [1.54, 1.807) is 12.5 Å². The second-order valence-electron chi connectivity index (χ2n) is 10.0. The van der Waals surface area contributed by atoms with Crippen LogP contribution in [0.5, 0.6) is 0 Å². The van der Waals surface area contributed by atoms with Gasteiger partial charge < -0.3 is 54.4 Å². The molecule has 0 aliphatic heterocycles. The molecular formula is C32H61N11O4S. The first-order valence-electron chi connectivity index (χ1n) is 15.9. The molecule has 4 amide bonds. The molecule has 1 rings (SSSR count). The fourth-order valence-electron chi connectivity index (χ4n) is 3.43. The van der Waals surface area contributed by atoms with Gasteiger partial charge >= 0.3 is 0 Å². The Kier molecular flexibility index (Phi) is 32.7. The highest BCUT2D eigenvalue weighted by Gasteiger charge is 2.22. The molecule has 1 aromatic rings. The van der Waals surface area contributed by atoms with E-state index >= 15 is 0 Å². The molecule has 48 heavy (non-hydrogen) atoms. The number of benzene rings is 1. The third-order valence-electron chi connectivity index (χ3n) is 6.08. The second kappa shape index (κ2) is 32.7. The molecule has 2 unspecified atom stereocenters. The first-order valence-corrected chi connectivity index (χ1v) is 16.4. The molecule has 2 atom stereocenters. The molecule has 0 aliphatic carbocycles. The standard InChI is InChI=1S/C17H35N9O4.C7H8.C6H12N2S.C2H6/c1-22-11(6-4-8-23-17(20)21)15(29)25-10-14(28)26-12(5-2-3-7-18)16(30)24-9-13(19)27;1-7-5-3-2-4-6-7;1-6(4-7-2)8(3)5-9;1-2/h11-12,22H,2-10,18H2,1H3,(H2,19,27)(H,24,30)(H,25,29)(H,26,28)(H4,20,21,23);2-6H,1H3;4-5,7H,1-3H3;1-2H3/b;;6-4-;. The van der Waals surface area contributed by atoms with Crippen molar-refractivity contribution >= 4 is 47.3 Å². The minimum Gasteiger partial charge on any atom is -0.393 e. The topological polar surface area (TPSA) is 248 Å². The number of guanidine groups is 1. The smallest absolute Gasteiger partial charge is 0.243 e. The predicted octanol–water partition coefficient (Wildman–Crippen LogP) is -0.0632. The van der Waals surface area contributed by atoms with Crippen LogP contribution in [0, 0.1) is 6.92 Å². The number of aryl methyl sites for hydroxylation is 1. The van der Waals surface area contributed by atoms with Crippen LogP contribution in [0.25, 0.3) is 0 Å². The Balaban J connectivity index is -0.000000904. The molecule has 16 heteroatoms. The van der Waals surface area contributed by atoms with Gasteiger partial charge in [-0.2, -0.15) is 0 Å². The molecular weight excluding hydrogens is 634 g/mol. The Bertz CT molecular complexity index is 1090. The Labute approximate surface area is 292 Å². The number of unbranched alkanes of at least 4 members (excludes halogenated alkanes) is 1. The van der Waals surface area contributed by atoms with E-state index in [9.17, 15) is 19.2 Å². The van der Waals surface area contributed by atoms with Gasteiger partial charge in [0.2, 0.25) is 23.6 Å². The van der Waals surface area contributed by atoms with Crippen molar-refractivity contribution in [2.45, 2.75) is 71.9 Å². The van der Waals surface area contributed by atoms with E-state index in [4.69, 9.17) is 35.2 Å². The average Bonchev–Trinajstić information content (AvgIpc) is 3.07. The number of hydrogen-bond acceptors (Lipinski definition) is 9. The van der Waals surface area contributed by atoms with Crippen molar-refractivity contribution in [2.24, 2.45) is 27.9 Å². The summed E-state index contributed by atoms with van der Waals surface area (Å²) in [5.41, 5.74) is 25.0. The van der Waals surface area contributed by atoms with Crippen molar-refractivity contribution in [3.63, 3.8) is 0 Å². The fourth-order valence-corrected chi connectivity index (χ4v) is 3.60. The molecule has 0 saturated carbocycles. The van der Waals surface area contributed by atoms with Gasteiger partial charge in [-0.05, 0) is 59.5 Å². The maximum Gasteiger partial charge on any atom is 0.243 e. The quantitative estimate of drug-likeness (QED) is 0.0401. The molecule has 0 saturated heterocycles. The van der Waals surface area contributed by atoms with Crippen LogP contribution in [0.15, 0.2) is 47.2 Å². The second-order valence-corrected chi connectivity index (χ2v) is 10.3. The van der Waals surface area contributed by atoms with Crippen molar-refractivity contribution in [2.75, 3.05) is 47.3 Å². The summed E-state index contributed by atoms with van der Waals surface area (Å²) >= 11 is 4.70. The lowest BCUT2D eigenvalue weighted by atomic mass is 10.1. The van der Waals surface area contributed by atoms with Crippen molar-refractivity contribution in [3.05, 3.63) is 47.8 Å². The number of thiocarbonyl (C=S) groups is 1. The zero-order chi connectivity index (χ0) is 37.3. The molecule has 0 aromatic heterocycles. The number of allylic oxidation sites excluding steroid dienone is 1. The van der Waals surface area contributed by atoms with E-state index in [2.05, 4.69) is 50.6 Å². The predicted molar refractivity (Wildman–Crippen MR) is 200 cm³/mol. The van der Waals surface area contributed by atoms with E-state index in [1.165, 1.54) is 5.56 Å². The van der Waals surface area contributed by atoms with Crippen molar-refractivity contribution in [3.8, 4) is 0 Å². The number of nitrogens with zero attached hydrogens (tertiary/aromatic N) is 2. The summed E-state index contributed by atoms with van der Waals surface area (Å²) in [4.78, 5) is 53.1. The monoisotopic (exact) mass is 695 g/mol. The number of hydrogen-bond donors (Lipinski definition) is 9. The highest BCUT2D eigenvalue weighted by atomic mass is 32.1. The third-order valence-corrected chi connectivity index (χ3v) is 6.39. The van der Waals surface area contributed by atoms with Gasteiger partial charge in [0.05, 0.1) is 24.6 Å². The van der Waals surface area contributed by atoms with Crippen molar-refractivity contribution in [1.82, 2.24) is 31.5 Å². The third kappa shape index (κ3) is 29.1. The molecule has 0 spiro atoms. The van der Waals surface area contributed by atoms with E-state index in [-0.39, 0.29) is 25.0 Å². The summed E-state index contributed by atoms with van der Waals surface area (Å²) in [7, 11) is 5.40. The van der Waals surface area contributed by atoms with E-state index in [1.807, 2.05) is 64.2 Å². The van der Waals surface area contributed by atoms with Crippen molar-refractivity contribution in [1.29, 1.82) is 0 Å². The lowest BCUT2D eigenvalue weighted by molar-refractivity contribution is -0.131. The summed E-state index contributed by atoms with van der Waals surface area (Å²) < 4.78 is 0. The van der Waals surface area contributed by atoms with Gasteiger partial charge in [-0.3, -0.25) is 24.2 Å². The van der Waals surface area contributed by atoms with Crippen LogP contribution < -0.4 is 49.5 Å². The lowest BCUT2D eigenvalue weighted by Gasteiger charge is -2.19. The summed E-state index contributed by atoms with van der Waals surface area (Å²) in [6.45, 7) is 8.27. The molecule has 15 nitrogen and oxygen atoms in total. The maximum atomic E-state index is 12.2. The molecule has 13 N–H and O–H groups in total. The molecule has 0 fully saturated rings. The molecule has 0 radical (unpaired) electrons. The van der Waals surface area contributed by atoms with Gasteiger partial charge in [0, 0.05) is 32.5 Å². The van der Waals surface area contributed by atoms with Gasteiger partial charge in [-0.25, -0.2) is 0 Å².